The lowest BCUT2D eigenvalue weighted by molar-refractivity contribution is 0.795. The maximum atomic E-state index is 5.27. The molecular formula is C51H37N3. The fourth-order valence-corrected chi connectivity index (χ4v) is 8.21. The van der Waals surface area contributed by atoms with Gasteiger partial charge < -0.3 is 0 Å². The Bertz CT molecular complexity index is 2820. The number of pyridine rings is 1. The first kappa shape index (κ1) is 32.0. The van der Waals surface area contributed by atoms with E-state index in [9.17, 15) is 0 Å². The van der Waals surface area contributed by atoms with E-state index in [0.717, 1.165) is 69.4 Å². The van der Waals surface area contributed by atoms with E-state index >= 15 is 0 Å². The van der Waals surface area contributed by atoms with Gasteiger partial charge in [-0.2, -0.15) is 0 Å². The Morgan fingerprint density at radius 3 is 2.07 bits per heavy atom. The molecule has 0 fully saturated rings. The minimum atomic E-state index is 0.241. The van der Waals surface area contributed by atoms with E-state index in [1.165, 1.54) is 44.2 Å². The van der Waals surface area contributed by atoms with Gasteiger partial charge >= 0.3 is 0 Å². The van der Waals surface area contributed by atoms with Crippen LogP contribution in [0.3, 0.4) is 0 Å². The predicted molar refractivity (Wildman–Crippen MR) is 224 cm³/mol. The summed E-state index contributed by atoms with van der Waals surface area (Å²) in [6.07, 6.45) is 13.8. The van der Waals surface area contributed by atoms with Crippen LogP contribution in [-0.2, 0) is 0 Å². The van der Waals surface area contributed by atoms with E-state index in [0.29, 0.717) is 0 Å². The van der Waals surface area contributed by atoms with Gasteiger partial charge in [-0.25, -0.2) is 9.98 Å². The summed E-state index contributed by atoms with van der Waals surface area (Å²) in [6, 6.07) is 54.1. The summed E-state index contributed by atoms with van der Waals surface area (Å²) in [6.45, 7) is 0. The van der Waals surface area contributed by atoms with Crippen LogP contribution in [0.5, 0.6) is 0 Å². The summed E-state index contributed by atoms with van der Waals surface area (Å²) in [5, 5.41) is 3.30. The minimum Gasteiger partial charge on any atom is -0.252 e. The number of hydrogen-bond acceptors (Lipinski definition) is 3. The van der Waals surface area contributed by atoms with Crippen LogP contribution in [0.1, 0.15) is 41.9 Å². The normalized spacial score (nSPS) is 17.1. The summed E-state index contributed by atoms with van der Waals surface area (Å²) < 4.78 is 0. The lowest BCUT2D eigenvalue weighted by Gasteiger charge is -2.18. The lowest BCUT2D eigenvalue weighted by atomic mass is 9.86. The topological polar surface area (TPSA) is 37.6 Å². The summed E-state index contributed by atoms with van der Waals surface area (Å²) in [7, 11) is 0. The standard InChI is InChI=1S/C51H37N3/c1-2-7-20-47-43(18-6-1)49-50(53-48-22-11-9-19-44(48)51(49)54-47)38-29-25-36(26-30-38)35-23-27-37(28-24-35)41-31-32-45(52-46-21-10-8-17-42(41)46)40-16-12-15-39(33-40)34-13-4-3-5-14-34/h1-5,7-17,19-30,32-33,43H,6,18,31H2/b2-1-,20-7-. The highest BCUT2D eigenvalue weighted by molar-refractivity contribution is 6.12. The van der Waals surface area contributed by atoms with Crippen molar-refractivity contribution in [1.82, 2.24) is 4.98 Å². The molecule has 0 saturated carbocycles. The molecule has 256 valence electrons. The first-order chi connectivity index (χ1) is 26.8. The molecule has 3 heterocycles. The Labute approximate surface area is 315 Å². The highest BCUT2D eigenvalue weighted by Gasteiger charge is 2.31. The second-order valence-corrected chi connectivity index (χ2v) is 14.2. The molecule has 1 aromatic heterocycles. The molecule has 0 N–H and O–H groups in total. The van der Waals surface area contributed by atoms with Gasteiger partial charge in [-0.05, 0) is 76.9 Å². The maximum Gasteiger partial charge on any atom is 0.0787 e. The number of allylic oxidation sites excluding steroid dienone is 5. The molecular weight excluding hydrogens is 655 g/mol. The smallest absolute Gasteiger partial charge is 0.0787 e. The number of para-hydroxylation sites is 2. The molecule has 0 saturated heterocycles. The van der Waals surface area contributed by atoms with E-state index in [1.54, 1.807) is 0 Å². The Hall–Kier alpha value is -6.71. The zero-order valence-electron chi connectivity index (χ0n) is 29.9. The molecule has 10 rings (SSSR count). The van der Waals surface area contributed by atoms with Crippen molar-refractivity contribution < 1.29 is 0 Å². The summed E-state index contributed by atoms with van der Waals surface area (Å²) in [5.41, 5.74) is 16.0. The second kappa shape index (κ2) is 13.7. The molecule has 3 heteroatoms. The molecule has 0 radical (unpaired) electrons. The predicted octanol–water partition coefficient (Wildman–Crippen LogP) is 11.6. The Morgan fingerprint density at radius 1 is 0.537 bits per heavy atom. The number of nitrogens with zero attached hydrogens (tertiary/aromatic N) is 3. The van der Waals surface area contributed by atoms with Crippen LogP contribution in [0.4, 0.5) is 5.69 Å². The summed E-state index contributed by atoms with van der Waals surface area (Å²) in [4.78, 5) is 15.7. The summed E-state index contributed by atoms with van der Waals surface area (Å²) >= 11 is 0. The number of aromatic nitrogens is 1. The third-order valence-corrected chi connectivity index (χ3v) is 10.9. The minimum absolute atomic E-state index is 0.241. The Balaban J connectivity index is 0.961. The number of benzene rings is 6. The monoisotopic (exact) mass is 691 g/mol. The third kappa shape index (κ3) is 5.84. The lowest BCUT2D eigenvalue weighted by Crippen LogP contribution is -2.26. The van der Waals surface area contributed by atoms with Gasteiger partial charge in [0.1, 0.15) is 0 Å². The van der Waals surface area contributed by atoms with Crippen molar-refractivity contribution in [3.8, 4) is 33.5 Å². The van der Waals surface area contributed by atoms with Crippen molar-refractivity contribution in [2.75, 3.05) is 0 Å². The highest BCUT2D eigenvalue weighted by atomic mass is 14.8. The number of aliphatic imine (C=N–C) groups is 1. The van der Waals surface area contributed by atoms with Gasteiger partial charge in [0.15, 0.2) is 0 Å². The first-order valence-corrected chi connectivity index (χ1v) is 18.9. The molecule has 3 aliphatic rings. The average molecular weight is 692 g/mol. The highest BCUT2D eigenvalue weighted by Crippen LogP contribution is 2.47. The van der Waals surface area contributed by atoms with Gasteiger partial charge in [0.05, 0.1) is 28.0 Å². The van der Waals surface area contributed by atoms with E-state index in [4.69, 9.17) is 15.0 Å². The zero-order valence-corrected chi connectivity index (χ0v) is 29.9. The van der Waals surface area contributed by atoms with Crippen LogP contribution >= 0.6 is 0 Å². The van der Waals surface area contributed by atoms with Crippen LogP contribution in [0.15, 0.2) is 192 Å². The van der Waals surface area contributed by atoms with Gasteiger partial charge in [0, 0.05) is 38.9 Å². The van der Waals surface area contributed by atoms with Crippen LogP contribution in [0.25, 0.3) is 55.7 Å². The SMILES string of the molecule is C1=C(c2cccc(-c3ccccc3)c2)N=c2ccccc2=C(c2ccc(-c3ccc(-c4nc5ccccc5c5c4C4CC/C=C\C=C/C4=N5)cc3)cc2)C1. The molecule has 6 aromatic carbocycles. The van der Waals surface area contributed by atoms with Crippen LogP contribution < -0.4 is 10.6 Å². The molecule has 1 aliphatic carbocycles. The second-order valence-electron chi connectivity index (χ2n) is 14.2. The van der Waals surface area contributed by atoms with Gasteiger partial charge in [0.2, 0.25) is 0 Å². The first-order valence-electron chi connectivity index (χ1n) is 18.9. The van der Waals surface area contributed by atoms with Crippen molar-refractivity contribution in [1.29, 1.82) is 0 Å². The molecule has 3 nitrogen and oxygen atoms in total. The fraction of sp³-hybridized carbons (Fsp3) is 0.0784. The van der Waals surface area contributed by atoms with Crippen LogP contribution in [0, 0.1) is 0 Å². The molecule has 2 aliphatic heterocycles. The molecule has 1 unspecified atom stereocenters. The molecule has 7 aromatic rings. The maximum absolute atomic E-state index is 5.27. The Kier molecular flexibility index (Phi) is 8.11. The summed E-state index contributed by atoms with van der Waals surface area (Å²) in [5.74, 6) is 0.241. The van der Waals surface area contributed by atoms with E-state index in [1.807, 2.05) is 0 Å². The molecule has 1 atom stereocenters. The molecule has 0 amide bonds. The van der Waals surface area contributed by atoms with Gasteiger partial charge in [-0.1, -0.05) is 158 Å². The fourth-order valence-electron chi connectivity index (χ4n) is 8.21. The van der Waals surface area contributed by atoms with Gasteiger partial charge in [-0.3, -0.25) is 4.99 Å². The van der Waals surface area contributed by atoms with Crippen molar-refractivity contribution in [3.05, 3.63) is 209 Å². The van der Waals surface area contributed by atoms with Crippen LogP contribution in [0.2, 0.25) is 0 Å². The molecule has 54 heavy (non-hydrogen) atoms. The van der Waals surface area contributed by atoms with Crippen LogP contribution in [-0.4, -0.2) is 10.7 Å². The average Bonchev–Trinajstić information content (AvgIpc) is 3.45. The van der Waals surface area contributed by atoms with Gasteiger partial charge in [-0.15, -0.1) is 0 Å². The third-order valence-electron chi connectivity index (χ3n) is 10.9. The number of hydrogen-bond donors (Lipinski definition) is 0. The van der Waals surface area contributed by atoms with E-state index in [2.05, 4.69) is 182 Å². The van der Waals surface area contributed by atoms with Crippen molar-refractivity contribution in [2.45, 2.75) is 25.2 Å². The van der Waals surface area contributed by atoms with Crippen molar-refractivity contribution >= 4 is 33.6 Å². The largest absolute Gasteiger partial charge is 0.252 e. The molecule has 0 bridgehead atoms. The van der Waals surface area contributed by atoms with E-state index < -0.39 is 0 Å². The number of fused-ring (bicyclic) bond motifs is 6. The Morgan fingerprint density at radius 2 is 1.22 bits per heavy atom. The number of rotatable bonds is 5. The molecule has 0 spiro atoms. The van der Waals surface area contributed by atoms with E-state index in [-0.39, 0.29) is 5.92 Å². The zero-order chi connectivity index (χ0) is 35.8. The van der Waals surface area contributed by atoms with Gasteiger partial charge in [0.25, 0.3) is 0 Å². The quantitative estimate of drug-likeness (QED) is 0.177. The van der Waals surface area contributed by atoms with Crippen molar-refractivity contribution in [2.24, 2.45) is 9.98 Å². The van der Waals surface area contributed by atoms with Crippen molar-refractivity contribution in [3.63, 3.8) is 0 Å².